The van der Waals surface area contributed by atoms with E-state index < -0.39 is 0 Å². The number of hydrogen-bond acceptors (Lipinski definition) is 6. The average Bonchev–Trinajstić information content (AvgIpc) is 3.68. The summed E-state index contributed by atoms with van der Waals surface area (Å²) >= 11 is 6.86. The van der Waals surface area contributed by atoms with Crippen LogP contribution in [0.1, 0.15) is 73.8 Å². The molecule has 1 aliphatic carbocycles. The lowest BCUT2D eigenvalue weighted by Crippen LogP contribution is -2.39. The number of carbonyl (C=O) groups excluding carboxylic acids is 1. The Bertz CT molecular complexity index is 1510. The van der Waals surface area contributed by atoms with Gasteiger partial charge in [-0.25, -0.2) is 0 Å². The van der Waals surface area contributed by atoms with E-state index >= 15 is 0 Å². The number of likely N-dealkylation sites (tertiary alicyclic amines) is 1. The Morgan fingerprint density at radius 3 is 2.67 bits per heavy atom. The molecular weight excluding hydrogens is 617 g/mol. The SMILES string of the molecule is CCOc1cc(O[C@H]2CCc3c(-c4cccc(OCCCP5CCC(O)C5)c4C)cccc32)c(Cl)cc1CN1CCCC[C@H]1C=O. The van der Waals surface area contributed by atoms with Crippen molar-refractivity contribution < 1.29 is 24.1 Å². The molecule has 2 saturated heterocycles. The Labute approximate surface area is 280 Å². The molecule has 0 saturated carbocycles. The van der Waals surface area contributed by atoms with Crippen molar-refractivity contribution in [2.24, 2.45) is 0 Å². The number of benzene rings is 3. The van der Waals surface area contributed by atoms with E-state index in [-0.39, 0.29) is 26.2 Å². The van der Waals surface area contributed by atoms with Gasteiger partial charge in [-0.3, -0.25) is 4.90 Å². The van der Waals surface area contributed by atoms with Crippen LogP contribution in [0.15, 0.2) is 48.5 Å². The normalized spacial score (nSPS) is 22.9. The third-order valence-corrected chi connectivity index (χ3v) is 12.9. The van der Waals surface area contributed by atoms with Crippen LogP contribution >= 0.6 is 19.5 Å². The van der Waals surface area contributed by atoms with Crippen molar-refractivity contribution >= 4 is 25.8 Å². The fraction of sp³-hybridized carbons (Fsp3) is 0.500. The fourth-order valence-corrected chi connectivity index (χ4v) is 10.2. The highest BCUT2D eigenvalue weighted by Crippen LogP contribution is 2.45. The number of aliphatic hydroxyl groups excluding tert-OH is 1. The summed E-state index contributed by atoms with van der Waals surface area (Å²) in [5.74, 6) is 2.33. The molecule has 2 aliphatic heterocycles. The lowest BCUT2D eigenvalue weighted by Gasteiger charge is -2.32. The smallest absolute Gasteiger partial charge is 0.142 e. The Kier molecular flexibility index (Phi) is 11.2. The molecule has 4 atom stereocenters. The monoisotopic (exact) mass is 663 g/mol. The molecule has 1 N–H and O–H groups in total. The number of nitrogens with zero attached hydrogens (tertiary/aromatic N) is 1. The zero-order valence-corrected chi connectivity index (χ0v) is 28.8. The molecule has 246 valence electrons. The second-order valence-corrected chi connectivity index (χ2v) is 15.9. The van der Waals surface area contributed by atoms with Crippen molar-refractivity contribution in [2.75, 3.05) is 38.2 Å². The number of ether oxygens (including phenoxy) is 3. The van der Waals surface area contributed by atoms with Crippen molar-refractivity contribution in [1.82, 2.24) is 4.90 Å². The van der Waals surface area contributed by atoms with Gasteiger partial charge in [0.15, 0.2) is 0 Å². The highest BCUT2D eigenvalue weighted by Gasteiger charge is 2.29. The minimum absolute atomic E-state index is 0.0262. The molecule has 46 heavy (non-hydrogen) atoms. The van der Waals surface area contributed by atoms with Crippen LogP contribution in [0.25, 0.3) is 11.1 Å². The average molecular weight is 664 g/mol. The van der Waals surface area contributed by atoms with Gasteiger partial charge in [-0.05, 0) is 117 Å². The van der Waals surface area contributed by atoms with Gasteiger partial charge in [0, 0.05) is 18.2 Å². The van der Waals surface area contributed by atoms with E-state index in [4.69, 9.17) is 25.8 Å². The lowest BCUT2D eigenvalue weighted by atomic mass is 9.93. The van der Waals surface area contributed by atoms with E-state index in [0.717, 1.165) is 86.6 Å². The van der Waals surface area contributed by atoms with Gasteiger partial charge in [-0.1, -0.05) is 48.4 Å². The molecule has 0 aromatic heterocycles. The molecule has 0 bridgehead atoms. The standard InChI is InChI=1S/C38H47ClNO5P/c1-3-43-37-22-38(34(39)21-27(37)23-40-17-5-4-9-28(40)24-41)45-36-15-14-32-31(11-6-12-33(32)36)30-10-7-13-35(26(30)2)44-18-8-19-46-20-16-29(42)25-46/h6-7,10-13,21-22,24,28-29,36,42H,3-5,8-9,14-20,23,25H2,1-2H3/t28-,29?,36-,46?/m0/s1. The number of hydrogen-bond donors (Lipinski definition) is 1. The van der Waals surface area contributed by atoms with Crippen LogP contribution in [-0.2, 0) is 17.8 Å². The number of carbonyl (C=O) groups is 1. The molecule has 3 aromatic rings. The van der Waals surface area contributed by atoms with Gasteiger partial charge in [0.2, 0.25) is 0 Å². The first kappa shape index (κ1) is 33.3. The van der Waals surface area contributed by atoms with Gasteiger partial charge in [0.25, 0.3) is 0 Å². The van der Waals surface area contributed by atoms with Crippen molar-refractivity contribution in [1.29, 1.82) is 0 Å². The maximum absolute atomic E-state index is 11.7. The summed E-state index contributed by atoms with van der Waals surface area (Å²) in [6, 6.07) is 16.7. The zero-order chi connectivity index (χ0) is 32.0. The quantitative estimate of drug-likeness (QED) is 0.113. The number of rotatable bonds is 13. The van der Waals surface area contributed by atoms with Crippen molar-refractivity contribution in [3.63, 3.8) is 0 Å². The van der Waals surface area contributed by atoms with Crippen LogP contribution in [0.3, 0.4) is 0 Å². The van der Waals surface area contributed by atoms with E-state index in [0.29, 0.717) is 30.5 Å². The van der Waals surface area contributed by atoms with E-state index in [1.54, 1.807) is 0 Å². The molecule has 6 nitrogen and oxygen atoms in total. The molecule has 0 amide bonds. The molecule has 3 aromatic carbocycles. The number of aliphatic hydroxyl groups is 1. The van der Waals surface area contributed by atoms with Crippen LogP contribution in [-0.4, -0.2) is 66.7 Å². The van der Waals surface area contributed by atoms with Gasteiger partial charge >= 0.3 is 0 Å². The number of piperidine rings is 1. The summed E-state index contributed by atoms with van der Waals surface area (Å²) in [6.45, 7) is 6.90. The highest BCUT2D eigenvalue weighted by atomic mass is 35.5. The number of fused-ring (bicyclic) bond motifs is 1. The molecule has 6 rings (SSSR count). The molecule has 3 aliphatic rings. The summed E-state index contributed by atoms with van der Waals surface area (Å²) in [6.07, 6.45) is 11.1. The molecular formula is C38H47ClNO5P. The van der Waals surface area contributed by atoms with Crippen LogP contribution in [0.4, 0.5) is 0 Å². The van der Waals surface area contributed by atoms with Crippen molar-refractivity contribution in [2.45, 2.75) is 83.6 Å². The molecule has 0 radical (unpaired) electrons. The minimum atomic E-state index is -0.106. The van der Waals surface area contributed by atoms with E-state index in [1.165, 1.54) is 34.6 Å². The summed E-state index contributed by atoms with van der Waals surface area (Å²) < 4.78 is 19.0. The van der Waals surface area contributed by atoms with Crippen LogP contribution in [0, 0.1) is 6.92 Å². The van der Waals surface area contributed by atoms with Gasteiger partial charge < -0.3 is 24.1 Å². The summed E-state index contributed by atoms with van der Waals surface area (Å²) in [7, 11) is -0.0262. The molecule has 2 fully saturated rings. The predicted molar refractivity (Wildman–Crippen MR) is 187 cm³/mol. The Balaban J connectivity index is 1.17. The van der Waals surface area contributed by atoms with Crippen LogP contribution in [0.2, 0.25) is 5.02 Å². The third kappa shape index (κ3) is 7.57. The highest BCUT2D eigenvalue weighted by molar-refractivity contribution is 7.58. The maximum atomic E-state index is 11.7. The summed E-state index contributed by atoms with van der Waals surface area (Å²) in [5.41, 5.74) is 7.09. The molecule has 0 spiro atoms. The van der Waals surface area contributed by atoms with Gasteiger partial charge in [-0.15, -0.1) is 7.92 Å². The number of halogens is 1. The van der Waals surface area contributed by atoms with Gasteiger partial charge in [0.05, 0.1) is 30.4 Å². The third-order valence-electron chi connectivity index (χ3n) is 9.79. The predicted octanol–water partition coefficient (Wildman–Crippen LogP) is 8.35. The van der Waals surface area contributed by atoms with Gasteiger partial charge in [0.1, 0.15) is 29.6 Å². The Morgan fingerprint density at radius 1 is 1.02 bits per heavy atom. The van der Waals surface area contributed by atoms with E-state index in [2.05, 4.69) is 48.2 Å². The minimum Gasteiger partial charge on any atom is -0.493 e. The second-order valence-electron chi connectivity index (χ2n) is 12.9. The van der Waals surface area contributed by atoms with Crippen LogP contribution < -0.4 is 14.2 Å². The Hall–Kier alpha value is -2.63. The first-order valence-corrected chi connectivity index (χ1v) is 19.3. The Morgan fingerprint density at radius 2 is 1.87 bits per heavy atom. The second kappa shape index (κ2) is 15.5. The summed E-state index contributed by atoms with van der Waals surface area (Å²) in [4.78, 5) is 13.9. The maximum Gasteiger partial charge on any atom is 0.142 e. The lowest BCUT2D eigenvalue weighted by molar-refractivity contribution is -0.113. The molecule has 2 unspecified atom stereocenters. The van der Waals surface area contributed by atoms with Gasteiger partial charge in [-0.2, -0.15) is 0 Å². The summed E-state index contributed by atoms with van der Waals surface area (Å²) in [5, 5.41) is 10.4. The first-order valence-electron chi connectivity index (χ1n) is 17.0. The zero-order valence-electron chi connectivity index (χ0n) is 27.2. The van der Waals surface area contributed by atoms with Crippen molar-refractivity contribution in [3.05, 3.63) is 75.8 Å². The topological polar surface area (TPSA) is 68.2 Å². The van der Waals surface area contributed by atoms with Crippen molar-refractivity contribution in [3.8, 4) is 28.4 Å². The number of aldehydes is 1. The fourth-order valence-electron chi connectivity index (χ4n) is 7.36. The molecule has 8 heteroatoms. The van der Waals surface area contributed by atoms with Crippen LogP contribution in [0.5, 0.6) is 17.2 Å². The first-order chi connectivity index (χ1) is 22.4. The molecule has 2 heterocycles. The van der Waals surface area contributed by atoms with E-state index in [1.807, 2.05) is 19.1 Å². The largest absolute Gasteiger partial charge is 0.493 e. The van der Waals surface area contributed by atoms with E-state index in [9.17, 15) is 9.90 Å².